The highest BCUT2D eigenvalue weighted by atomic mass is 32.1. The van der Waals surface area contributed by atoms with Crippen molar-refractivity contribution in [1.82, 2.24) is 20.2 Å². The number of nitrogens with zero attached hydrogens (tertiary/aromatic N) is 3. The van der Waals surface area contributed by atoms with Crippen LogP contribution in [0.25, 0.3) is 11.3 Å². The Labute approximate surface area is 215 Å². The Balaban J connectivity index is 1.78. The fourth-order valence-electron chi connectivity index (χ4n) is 3.91. The molecule has 0 bridgehead atoms. The number of alkyl carbamates (subject to hydrolysis) is 1. The summed E-state index contributed by atoms with van der Waals surface area (Å²) in [6.07, 6.45) is 2.03. The highest BCUT2D eigenvalue weighted by molar-refractivity contribution is 7.09. The Morgan fingerprint density at radius 2 is 1.89 bits per heavy atom. The van der Waals surface area contributed by atoms with Crippen LogP contribution < -0.4 is 10.1 Å². The van der Waals surface area contributed by atoms with Crippen LogP contribution in [0.1, 0.15) is 53.0 Å². The van der Waals surface area contributed by atoms with Gasteiger partial charge in [0.2, 0.25) is 5.91 Å². The highest BCUT2D eigenvalue weighted by Gasteiger charge is 2.46. The van der Waals surface area contributed by atoms with Crippen LogP contribution in [-0.4, -0.2) is 68.3 Å². The van der Waals surface area contributed by atoms with E-state index >= 15 is 0 Å². The number of amides is 2. The van der Waals surface area contributed by atoms with Crippen molar-refractivity contribution in [3.63, 3.8) is 0 Å². The molecule has 2 N–H and O–H groups in total. The minimum atomic E-state index is -1.13. The molecule has 0 aliphatic carbocycles. The minimum Gasteiger partial charge on any atom is -0.487 e. The first-order valence-electron chi connectivity index (χ1n) is 11.7. The summed E-state index contributed by atoms with van der Waals surface area (Å²) in [7, 11) is 0. The molecule has 2 amide bonds. The van der Waals surface area contributed by atoms with Crippen LogP contribution >= 0.6 is 11.3 Å². The van der Waals surface area contributed by atoms with Crippen molar-refractivity contribution in [1.29, 1.82) is 0 Å². The zero-order valence-corrected chi connectivity index (χ0v) is 22.5. The largest absolute Gasteiger partial charge is 0.487 e. The maximum Gasteiger partial charge on any atom is 0.408 e. The number of aliphatic carboxylic acids is 1. The number of rotatable bonds is 6. The Morgan fingerprint density at radius 3 is 2.44 bits per heavy atom. The number of carbonyl (C=O) groups excluding carboxylic acids is 2. The van der Waals surface area contributed by atoms with E-state index in [-0.39, 0.29) is 13.0 Å². The third-order valence-electron chi connectivity index (χ3n) is 5.54. The molecule has 1 aliphatic rings. The molecule has 3 heterocycles. The Hall–Kier alpha value is -3.21. The van der Waals surface area contributed by atoms with Gasteiger partial charge in [0.15, 0.2) is 0 Å². The number of thiazole rings is 1. The number of pyridine rings is 1. The molecule has 2 aromatic rings. The van der Waals surface area contributed by atoms with Crippen LogP contribution in [0.5, 0.6) is 5.75 Å². The van der Waals surface area contributed by atoms with Gasteiger partial charge in [-0.2, -0.15) is 0 Å². The lowest BCUT2D eigenvalue weighted by Gasteiger charge is -2.35. The van der Waals surface area contributed by atoms with Gasteiger partial charge in [0.1, 0.15) is 29.5 Å². The van der Waals surface area contributed by atoms with E-state index in [9.17, 15) is 19.5 Å². The second-order valence-corrected chi connectivity index (χ2v) is 12.0. The van der Waals surface area contributed by atoms with Crippen LogP contribution in [0, 0.1) is 12.3 Å². The molecule has 11 heteroatoms. The Kier molecular flexibility index (Phi) is 7.92. The van der Waals surface area contributed by atoms with Crippen molar-refractivity contribution in [3.8, 4) is 17.0 Å². The fourth-order valence-corrected chi connectivity index (χ4v) is 4.53. The van der Waals surface area contributed by atoms with Crippen molar-refractivity contribution >= 4 is 29.3 Å². The van der Waals surface area contributed by atoms with E-state index in [1.54, 1.807) is 60.0 Å². The lowest BCUT2D eigenvalue weighted by molar-refractivity contribution is -0.150. The van der Waals surface area contributed by atoms with Crippen LogP contribution in [0.4, 0.5) is 4.79 Å². The van der Waals surface area contributed by atoms with E-state index in [1.165, 1.54) is 16.2 Å². The smallest absolute Gasteiger partial charge is 0.408 e. The van der Waals surface area contributed by atoms with E-state index in [4.69, 9.17) is 9.47 Å². The van der Waals surface area contributed by atoms with Crippen LogP contribution in [0.3, 0.4) is 0 Å². The summed E-state index contributed by atoms with van der Waals surface area (Å²) in [5.41, 5.74) is 0.126. The van der Waals surface area contributed by atoms with Crippen molar-refractivity contribution in [3.05, 3.63) is 28.8 Å². The second kappa shape index (κ2) is 10.4. The van der Waals surface area contributed by atoms with Crippen molar-refractivity contribution in [2.75, 3.05) is 6.54 Å². The summed E-state index contributed by atoms with van der Waals surface area (Å²) in [5, 5.41) is 15.3. The monoisotopic (exact) mass is 518 g/mol. The zero-order valence-electron chi connectivity index (χ0n) is 21.7. The number of likely N-dealkylation sites (tertiary alicyclic amines) is 1. The number of ether oxygens (including phenoxy) is 2. The van der Waals surface area contributed by atoms with Crippen molar-refractivity contribution in [2.45, 2.75) is 78.7 Å². The highest BCUT2D eigenvalue weighted by Crippen LogP contribution is 2.30. The zero-order chi connectivity index (χ0) is 26.8. The van der Waals surface area contributed by atoms with Gasteiger partial charge in [0.25, 0.3) is 0 Å². The van der Waals surface area contributed by atoms with Crippen molar-refractivity contribution < 1.29 is 29.0 Å². The van der Waals surface area contributed by atoms with Gasteiger partial charge in [0, 0.05) is 23.6 Å². The molecule has 0 spiro atoms. The van der Waals surface area contributed by atoms with E-state index in [1.807, 2.05) is 12.3 Å². The lowest BCUT2D eigenvalue weighted by Crippen LogP contribution is -2.57. The molecular formula is C25H34N4O6S. The Morgan fingerprint density at radius 1 is 1.19 bits per heavy atom. The molecule has 2 aromatic heterocycles. The topological polar surface area (TPSA) is 131 Å². The van der Waals surface area contributed by atoms with E-state index < -0.39 is 47.2 Å². The standard InChI is InChI=1S/C25H34N4O6S/c1-14-27-18(13-36-14)15-8-16(11-26-10-15)34-17-9-19(22(31)32)29(12-17)21(30)20(24(2,3)4)28-23(33)35-25(5,6)7/h8,10-11,13,17,19-20H,9,12H2,1-7H3,(H,28,33)(H,31,32). The van der Waals surface area contributed by atoms with Gasteiger partial charge in [0.05, 0.1) is 23.4 Å². The third-order valence-corrected chi connectivity index (χ3v) is 6.31. The minimum absolute atomic E-state index is 0.0540. The lowest BCUT2D eigenvalue weighted by atomic mass is 9.85. The molecule has 0 saturated carbocycles. The van der Waals surface area contributed by atoms with E-state index in [0.717, 1.165) is 16.3 Å². The summed E-state index contributed by atoms with van der Waals surface area (Å²) in [6, 6.07) is -0.292. The average molecular weight is 519 g/mol. The number of carbonyl (C=O) groups is 3. The number of hydrogen-bond donors (Lipinski definition) is 2. The first-order chi connectivity index (χ1) is 16.6. The molecule has 196 valence electrons. The second-order valence-electron chi connectivity index (χ2n) is 10.9. The maximum absolute atomic E-state index is 13.6. The quantitative estimate of drug-likeness (QED) is 0.589. The summed E-state index contributed by atoms with van der Waals surface area (Å²) in [4.78, 5) is 48.0. The normalized spacial score (nSPS) is 19.0. The number of carboxylic acids is 1. The van der Waals surface area contributed by atoms with Gasteiger partial charge in [-0.3, -0.25) is 9.78 Å². The summed E-state index contributed by atoms with van der Waals surface area (Å²) < 4.78 is 11.4. The number of nitrogens with one attached hydrogen (secondary N) is 1. The number of hydrogen-bond acceptors (Lipinski definition) is 8. The van der Waals surface area contributed by atoms with Gasteiger partial charge in [-0.25, -0.2) is 14.6 Å². The third kappa shape index (κ3) is 6.93. The van der Waals surface area contributed by atoms with Gasteiger partial charge < -0.3 is 24.8 Å². The first-order valence-corrected chi connectivity index (χ1v) is 12.6. The average Bonchev–Trinajstić information content (AvgIpc) is 3.36. The molecule has 3 unspecified atom stereocenters. The number of aromatic nitrogens is 2. The van der Waals surface area contributed by atoms with Crippen LogP contribution in [0.15, 0.2) is 23.8 Å². The molecule has 0 aromatic carbocycles. The van der Waals surface area contributed by atoms with Gasteiger partial charge in [-0.15, -0.1) is 11.3 Å². The van der Waals surface area contributed by atoms with Gasteiger partial charge in [-0.1, -0.05) is 20.8 Å². The molecule has 0 radical (unpaired) electrons. The van der Waals surface area contributed by atoms with E-state index in [0.29, 0.717) is 5.75 Å². The predicted molar refractivity (Wildman–Crippen MR) is 135 cm³/mol. The van der Waals surface area contributed by atoms with Gasteiger partial charge >= 0.3 is 12.1 Å². The number of aryl methyl sites for hydroxylation is 1. The predicted octanol–water partition coefficient (Wildman–Crippen LogP) is 3.89. The summed E-state index contributed by atoms with van der Waals surface area (Å²) in [6.45, 7) is 12.5. The molecule has 10 nitrogen and oxygen atoms in total. The molecule has 36 heavy (non-hydrogen) atoms. The van der Waals surface area contributed by atoms with Crippen LogP contribution in [0.2, 0.25) is 0 Å². The Bertz CT molecular complexity index is 1120. The van der Waals surface area contributed by atoms with Gasteiger partial charge in [-0.05, 0) is 39.2 Å². The summed E-state index contributed by atoms with van der Waals surface area (Å²) in [5.74, 6) is -1.18. The molecule has 1 saturated heterocycles. The fraction of sp³-hybridized carbons (Fsp3) is 0.560. The molecule has 1 aliphatic heterocycles. The number of carboxylic acid groups (broad SMARTS) is 1. The molecule has 3 rings (SSSR count). The van der Waals surface area contributed by atoms with E-state index in [2.05, 4.69) is 15.3 Å². The SMILES string of the molecule is Cc1nc(-c2cncc(OC3CC(C(=O)O)N(C(=O)C(NC(=O)OC(C)(C)C)C(C)(C)C)C3)c2)cs1. The molecular weight excluding hydrogens is 484 g/mol. The maximum atomic E-state index is 13.6. The van der Waals surface area contributed by atoms with Crippen LogP contribution in [-0.2, 0) is 14.3 Å². The summed E-state index contributed by atoms with van der Waals surface area (Å²) >= 11 is 1.53. The molecule has 1 fully saturated rings. The molecule has 3 atom stereocenters. The van der Waals surface area contributed by atoms with Crippen molar-refractivity contribution in [2.24, 2.45) is 5.41 Å². The first kappa shape index (κ1) is 27.4.